The highest BCUT2D eigenvalue weighted by Gasteiger charge is 2.31. The van der Waals surface area contributed by atoms with E-state index < -0.39 is 17.9 Å². The van der Waals surface area contributed by atoms with Crippen molar-refractivity contribution in [3.8, 4) is 0 Å². The van der Waals surface area contributed by atoms with Crippen molar-refractivity contribution in [1.82, 2.24) is 21.1 Å². The minimum atomic E-state index is -0.753. The zero-order valence-corrected chi connectivity index (χ0v) is 9.76. The first-order chi connectivity index (χ1) is 8.53. The van der Waals surface area contributed by atoms with Crippen LogP contribution in [0, 0.1) is 0 Å². The Morgan fingerprint density at radius 1 is 1.06 bits per heavy atom. The van der Waals surface area contributed by atoms with E-state index in [1.807, 2.05) is 0 Å². The molecule has 0 aromatic heterocycles. The molecule has 0 spiro atoms. The molecule has 1 saturated heterocycles. The van der Waals surface area contributed by atoms with Crippen LogP contribution in [0.1, 0.15) is 0 Å². The molecular formula is C11H14N4O3. The molecule has 1 rings (SSSR count). The number of hydrazine groups is 3. The number of hydrogen-bond acceptors (Lipinski definition) is 5. The molecule has 96 valence electrons. The van der Waals surface area contributed by atoms with Gasteiger partial charge in [-0.25, -0.2) is 5.43 Å². The number of nitrogens with one attached hydrogen (secondary N) is 2. The maximum atomic E-state index is 11.5. The van der Waals surface area contributed by atoms with Gasteiger partial charge in [0.15, 0.2) is 5.78 Å². The third-order valence-electron chi connectivity index (χ3n) is 2.25. The quantitative estimate of drug-likeness (QED) is 0.630. The zero-order valence-electron chi connectivity index (χ0n) is 9.76. The van der Waals surface area contributed by atoms with Gasteiger partial charge in [0.2, 0.25) is 0 Å². The number of hydrogen-bond donors (Lipinski definition) is 2. The summed E-state index contributed by atoms with van der Waals surface area (Å²) in [7, 11) is 0. The van der Waals surface area contributed by atoms with Crippen molar-refractivity contribution in [3.05, 3.63) is 38.0 Å². The zero-order chi connectivity index (χ0) is 13.7. The largest absolute Gasteiger partial charge is 0.293 e. The van der Waals surface area contributed by atoms with Gasteiger partial charge in [0.05, 0.1) is 6.54 Å². The van der Waals surface area contributed by atoms with Crippen LogP contribution >= 0.6 is 0 Å². The van der Waals surface area contributed by atoms with Gasteiger partial charge < -0.3 is 0 Å². The average molecular weight is 250 g/mol. The summed E-state index contributed by atoms with van der Waals surface area (Å²) in [4.78, 5) is 34.5. The number of nitrogens with zero attached hydrogens (tertiary/aromatic N) is 2. The van der Waals surface area contributed by atoms with Crippen LogP contribution < -0.4 is 11.0 Å². The monoisotopic (exact) mass is 250 g/mol. The van der Waals surface area contributed by atoms with Crippen molar-refractivity contribution >= 4 is 17.6 Å². The van der Waals surface area contributed by atoms with E-state index >= 15 is 0 Å². The summed E-state index contributed by atoms with van der Waals surface area (Å²) >= 11 is 0. The van der Waals surface area contributed by atoms with Gasteiger partial charge in [-0.2, -0.15) is 5.12 Å². The summed E-state index contributed by atoms with van der Waals surface area (Å²) in [5.74, 6) is -1.32. The Morgan fingerprint density at radius 3 is 2.17 bits per heavy atom. The van der Waals surface area contributed by atoms with Crippen molar-refractivity contribution in [2.45, 2.75) is 6.04 Å². The fraction of sp³-hybridized carbons (Fsp3) is 0.182. The van der Waals surface area contributed by atoms with Crippen molar-refractivity contribution in [3.63, 3.8) is 0 Å². The maximum Gasteiger partial charge on any atom is 0.276 e. The molecule has 0 aromatic carbocycles. The number of carbonyl (C=O) groups is 3. The normalized spacial score (nSPS) is 19.0. The Balaban J connectivity index is 2.91. The Labute approximate surface area is 104 Å². The predicted molar refractivity (Wildman–Crippen MR) is 64.2 cm³/mol. The van der Waals surface area contributed by atoms with Crippen molar-refractivity contribution in [1.29, 1.82) is 0 Å². The van der Waals surface area contributed by atoms with E-state index in [0.29, 0.717) is 0 Å². The van der Waals surface area contributed by atoms with E-state index in [-0.39, 0.29) is 12.3 Å². The minimum Gasteiger partial charge on any atom is -0.293 e. The highest BCUT2D eigenvalue weighted by atomic mass is 16.2. The van der Waals surface area contributed by atoms with E-state index in [4.69, 9.17) is 0 Å². The summed E-state index contributed by atoms with van der Waals surface area (Å²) in [6, 6.07) is -0.753. The molecule has 0 aliphatic carbocycles. The molecule has 0 saturated carbocycles. The first-order valence-electron chi connectivity index (χ1n) is 5.12. The van der Waals surface area contributed by atoms with Crippen molar-refractivity contribution in [2.75, 3.05) is 6.54 Å². The molecular weight excluding hydrogens is 236 g/mol. The molecule has 0 radical (unpaired) electrons. The van der Waals surface area contributed by atoms with E-state index in [1.54, 1.807) is 0 Å². The van der Waals surface area contributed by atoms with Gasteiger partial charge in [-0.3, -0.25) is 19.4 Å². The lowest BCUT2D eigenvalue weighted by atomic mass is 10.2. The lowest BCUT2D eigenvalue weighted by molar-refractivity contribution is -0.159. The molecule has 18 heavy (non-hydrogen) atoms. The van der Waals surface area contributed by atoms with E-state index in [2.05, 4.69) is 30.7 Å². The molecule has 7 heteroatoms. The summed E-state index contributed by atoms with van der Waals surface area (Å²) in [5, 5.41) is 2.00. The summed E-state index contributed by atoms with van der Waals surface area (Å²) < 4.78 is 0. The molecule has 2 amide bonds. The standard InChI is InChI=1S/C11H14N4O3/c1-4-9(16)8-7-14(10(17)5-2)13-15(12-8)11(18)6-3/h4-6,8,12-13H,1-3,7H2. The highest BCUT2D eigenvalue weighted by molar-refractivity contribution is 5.96. The van der Waals surface area contributed by atoms with Crippen molar-refractivity contribution < 1.29 is 14.4 Å². The smallest absolute Gasteiger partial charge is 0.276 e. The lowest BCUT2D eigenvalue weighted by Crippen LogP contribution is -2.70. The lowest BCUT2D eigenvalue weighted by Gasteiger charge is -2.39. The molecule has 1 atom stereocenters. The van der Waals surface area contributed by atoms with Gasteiger partial charge in [0, 0.05) is 0 Å². The van der Waals surface area contributed by atoms with Crippen LogP contribution in [0.5, 0.6) is 0 Å². The second-order valence-corrected chi connectivity index (χ2v) is 3.42. The van der Waals surface area contributed by atoms with Gasteiger partial charge in [-0.1, -0.05) is 19.7 Å². The molecule has 1 unspecified atom stereocenters. The molecule has 0 bridgehead atoms. The van der Waals surface area contributed by atoms with Gasteiger partial charge in [0.25, 0.3) is 11.8 Å². The fourth-order valence-corrected chi connectivity index (χ4v) is 1.32. The van der Waals surface area contributed by atoms with Crippen LogP contribution in [0.3, 0.4) is 0 Å². The van der Waals surface area contributed by atoms with Crippen LogP contribution in [-0.4, -0.2) is 40.3 Å². The van der Waals surface area contributed by atoms with Crippen LogP contribution in [-0.2, 0) is 14.4 Å². The molecule has 2 N–H and O–H groups in total. The molecule has 1 heterocycles. The van der Waals surface area contributed by atoms with Crippen LogP contribution in [0.2, 0.25) is 0 Å². The van der Waals surface area contributed by atoms with E-state index in [9.17, 15) is 14.4 Å². The van der Waals surface area contributed by atoms with Crippen molar-refractivity contribution in [2.24, 2.45) is 0 Å². The van der Waals surface area contributed by atoms with E-state index in [1.165, 1.54) is 0 Å². The van der Waals surface area contributed by atoms with Gasteiger partial charge >= 0.3 is 0 Å². The summed E-state index contributed by atoms with van der Waals surface area (Å²) in [6.45, 7) is 10.1. The SMILES string of the molecule is C=CC(=O)C1CN(C(=O)C=C)NN(C(=O)C=C)N1. The first-order valence-corrected chi connectivity index (χ1v) is 5.12. The van der Waals surface area contributed by atoms with Gasteiger partial charge in [0.1, 0.15) is 6.04 Å². The average Bonchev–Trinajstić information content (AvgIpc) is 2.43. The Hall–Kier alpha value is -2.25. The topological polar surface area (TPSA) is 81.8 Å². The molecule has 0 aromatic rings. The summed E-state index contributed by atoms with van der Waals surface area (Å²) in [6.07, 6.45) is 3.23. The fourth-order valence-electron chi connectivity index (χ4n) is 1.32. The van der Waals surface area contributed by atoms with Crippen LogP contribution in [0.25, 0.3) is 0 Å². The highest BCUT2D eigenvalue weighted by Crippen LogP contribution is 2.02. The minimum absolute atomic E-state index is 0.0522. The third kappa shape index (κ3) is 2.90. The molecule has 1 fully saturated rings. The summed E-state index contributed by atoms with van der Waals surface area (Å²) in [5.41, 5.74) is 5.11. The number of carbonyl (C=O) groups excluding carboxylic acids is 3. The Morgan fingerprint density at radius 2 is 1.67 bits per heavy atom. The second kappa shape index (κ2) is 5.89. The molecule has 1 aliphatic heterocycles. The number of amides is 2. The maximum absolute atomic E-state index is 11.5. The van der Waals surface area contributed by atoms with Crippen LogP contribution in [0.15, 0.2) is 38.0 Å². The predicted octanol–water partition coefficient (Wildman–Crippen LogP) is -0.923. The number of ketones is 1. The Bertz CT molecular complexity index is 351. The van der Waals surface area contributed by atoms with Gasteiger partial charge in [-0.05, 0) is 18.2 Å². The number of rotatable bonds is 4. The second-order valence-electron chi connectivity index (χ2n) is 3.42. The van der Waals surface area contributed by atoms with Crippen LogP contribution in [0.4, 0.5) is 0 Å². The molecule has 1 aliphatic rings. The van der Waals surface area contributed by atoms with E-state index in [0.717, 1.165) is 28.4 Å². The Kier molecular flexibility index (Phi) is 4.52. The molecule has 7 nitrogen and oxygen atoms in total. The third-order valence-corrected chi connectivity index (χ3v) is 2.25. The van der Waals surface area contributed by atoms with Gasteiger partial charge in [-0.15, -0.1) is 5.53 Å². The first kappa shape index (κ1) is 13.8.